The van der Waals surface area contributed by atoms with Gasteiger partial charge in [0.25, 0.3) is 0 Å². The molecule has 0 rings (SSSR count). The molecular formula is C19H35O-. The summed E-state index contributed by atoms with van der Waals surface area (Å²) in [7, 11) is 0. The van der Waals surface area contributed by atoms with Gasteiger partial charge in [0.2, 0.25) is 0 Å². The van der Waals surface area contributed by atoms with E-state index in [2.05, 4.69) is 25.7 Å². The summed E-state index contributed by atoms with van der Waals surface area (Å²) < 4.78 is 0. The lowest BCUT2D eigenvalue weighted by molar-refractivity contribution is -0.306. The van der Waals surface area contributed by atoms with Gasteiger partial charge in [-0.2, -0.15) is 0 Å². The zero-order valence-corrected chi connectivity index (χ0v) is 13.7. The van der Waals surface area contributed by atoms with Crippen molar-refractivity contribution in [3.05, 3.63) is 24.5 Å². The molecule has 0 aliphatic heterocycles. The van der Waals surface area contributed by atoms with Gasteiger partial charge in [-0.05, 0) is 32.1 Å². The molecule has 1 nitrogen and oxygen atoms in total. The molecule has 0 fully saturated rings. The zero-order valence-electron chi connectivity index (χ0n) is 13.7. The van der Waals surface area contributed by atoms with Gasteiger partial charge < -0.3 is 5.11 Å². The van der Waals surface area contributed by atoms with Crippen LogP contribution in [0.25, 0.3) is 0 Å². The highest BCUT2D eigenvalue weighted by atomic mass is 16.3. The van der Waals surface area contributed by atoms with Gasteiger partial charge in [-0.15, -0.1) is 12.3 Å². The van der Waals surface area contributed by atoms with Gasteiger partial charge in [-0.1, -0.05) is 76.9 Å². The fourth-order valence-corrected chi connectivity index (χ4v) is 2.39. The van der Waals surface area contributed by atoms with Crippen molar-refractivity contribution < 1.29 is 5.11 Å². The highest BCUT2D eigenvalue weighted by molar-refractivity contribution is 4.81. The van der Waals surface area contributed by atoms with Crippen LogP contribution in [-0.4, -0.2) is 0 Å². The Balaban J connectivity index is 3.07. The van der Waals surface area contributed by atoms with Crippen LogP contribution in [0.1, 0.15) is 96.8 Å². The second-order valence-electron chi connectivity index (χ2n) is 5.87. The molecule has 118 valence electrons. The summed E-state index contributed by atoms with van der Waals surface area (Å²) in [4.78, 5) is 0. The molecule has 0 saturated heterocycles. The Labute approximate surface area is 127 Å². The molecule has 0 atom stereocenters. The Kier molecular flexibility index (Phi) is 15.7. The first-order valence-corrected chi connectivity index (χ1v) is 8.77. The minimum atomic E-state index is 0.0858. The summed E-state index contributed by atoms with van der Waals surface area (Å²) in [5.41, 5.74) is 0. The van der Waals surface area contributed by atoms with Crippen LogP contribution in [0.2, 0.25) is 0 Å². The van der Waals surface area contributed by atoms with Gasteiger partial charge in [0.15, 0.2) is 0 Å². The van der Waals surface area contributed by atoms with Crippen molar-refractivity contribution in [3.8, 4) is 0 Å². The zero-order chi connectivity index (χ0) is 14.9. The lowest BCUT2D eigenvalue weighted by atomic mass is 10.1. The van der Waals surface area contributed by atoms with E-state index in [1.807, 2.05) is 0 Å². The van der Waals surface area contributed by atoms with Crippen molar-refractivity contribution in [2.75, 3.05) is 0 Å². The molecule has 0 saturated carbocycles. The summed E-state index contributed by atoms with van der Waals surface area (Å²) in [5, 5.41) is 10.7. The highest BCUT2D eigenvalue weighted by Crippen LogP contribution is 2.10. The summed E-state index contributed by atoms with van der Waals surface area (Å²) in [6.07, 6.45) is 22.3. The van der Waals surface area contributed by atoms with E-state index in [4.69, 9.17) is 0 Å². The number of allylic oxidation sites excluding steroid dienone is 3. The maximum Gasteiger partial charge on any atom is -0.0351 e. The summed E-state index contributed by atoms with van der Waals surface area (Å²) in [6, 6.07) is 0. The third-order valence-corrected chi connectivity index (χ3v) is 3.72. The van der Waals surface area contributed by atoms with E-state index >= 15 is 0 Å². The van der Waals surface area contributed by atoms with Crippen LogP contribution in [0.5, 0.6) is 0 Å². The Morgan fingerprint density at radius 2 is 1.20 bits per heavy atom. The van der Waals surface area contributed by atoms with E-state index in [1.54, 1.807) is 0 Å². The minimum absolute atomic E-state index is 0.0858. The third-order valence-electron chi connectivity index (χ3n) is 3.72. The Bertz CT molecular complexity index is 230. The number of unbranched alkanes of at least 4 members (excludes halogenated alkanes) is 11. The monoisotopic (exact) mass is 279 g/mol. The van der Waals surface area contributed by atoms with Crippen molar-refractivity contribution in [2.45, 2.75) is 96.8 Å². The van der Waals surface area contributed by atoms with E-state index in [0.29, 0.717) is 6.42 Å². The Hall–Kier alpha value is -0.720. The highest BCUT2D eigenvalue weighted by Gasteiger charge is 1.90. The van der Waals surface area contributed by atoms with E-state index < -0.39 is 0 Å². The molecule has 0 radical (unpaired) electrons. The molecule has 0 unspecified atom stereocenters. The molecule has 1 heteroatoms. The first-order valence-electron chi connectivity index (χ1n) is 8.77. The first-order chi connectivity index (χ1) is 9.77. The SMILES string of the molecule is C=C([O-])CCCCCCC/C=C\CCCCCCCC. The second-order valence-corrected chi connectivity index (χ2v) is 5.87. The smallest absolute Gasteiger partial charge is 0.0351 e. The van der Waals surface area contributed by atoms with Crippen LogP contribution in [0.4, 0.5) is 0 Å². The van der Waals surface area contributed by atoms with Crippen molar-refractivity contribution in [1.82, 2.24) is 0 Å². The molecule has 0 aromatic carbocycles. The molecule has 0 aromatic heterocycles. The van der Waals surface area contributed by atoms with Gasteiger partial charge in [-0.3, -0.25) is 0 Å². The molecule has 0 aromatic rings. The fraction of sp³-hybridized carbons (Fsp3) is 0.789. The maximum absolute atomic E-state index is 10.7. The quantitative estimate of drug-likeness (QED) is 0.208. The van der Waals surface area contributed by atoms with Crippen LogP contribution in [0, 0.1) is 0 Å². The molecule has 0 heterocycles. The minimum Gasteiger partial charge on any atom is -0.876 e. The third kappa shape index (κ3) is 17.3. The molecule has 0 aliphatic rings. The van der Waals surface area contributed by atoms with E-state index in [1.165, 1.54) is 77.0 Å². The average molecular weight is 279 g/mol. The van der Waals surface area contributed by atoms with Gasteiger partial charge in [0, 0.05) is 0 Å². The Morgan fingerprint density at radius 1 is 0.750 bits per heavy atom. The van der Waals surface area contributed by atoms with Crippen molar-refractivity contribution in [3.63, 3.8) is 0 Å². The Morgan fingerprint density at radius 3 is 1.70 bits per heavy atom. The fourth-order valence-electron chi connectivity index (χ4n) is 2.39. The normalized spacial score (nSPS) is 11.2. The molecule has 0 bridgehead atoms. The number of hydrogen-bond donors (Lipinski definition) is 0. The molecule has 0 N–H and O–H groups in total. The molecule has 0 spiro atoms. The van der Waals surface area contributed by atoms with Gasteiger partial charge in [0.1, 0.15) is 0 Å². The molecule has 0 amide bonds. The average Bonchev–Trinajstić information content (AvgIpc) is 2.43. The van der Waals surface area contributed by atoms with E-state index in [-0.39, 0.29) is 5.76 Å². The predicted molar refractivity (Wildman–Crippen MR) is 88.6 cm³/mol. The largest absolute Gasteiger partial charge is 0.876 e. The first kappa shape index (κ1) is 19.3. The predicted octanol–water partition coefficient (Wildman–Crippen LogP) is 5.90. The molecular weight excluding hydrogens is 244 g/mol. The van der Waals surface area contributed by atoms with Crippen molar-refractivity contribution in [1.29, 1.82) is 0 Å². The van der Waals surface area contributed by atoms with Crippen LogP contribution in [-0.2, 0) is 0 Å². The van der Waals surface area contributed by atoms with E-state index in [0.717, 1.165) is 6.42 Å². The summed E-state index contributed by atoms with van der Waals surface area (Å²) >= 11 is 0. The van der Waals surface area contributed by atoms with E-state index in [9.17, 15) is 5.11 Å². The van der Waals surface area contributed by atoms with Crippen LogP contribution >= 0.6 is 0 Å². The lowest BCUT2D eigenvalue weighted by Gasteiger charge is -2.07. The summed E-state index contributed by atoms with van der Waals surface area (Å²) in [6.45, 7) is 5.66. The van der Waals surface area contributed by atoms with Crippen molar-refractivity contribution in [2.24, 2.45) is 0 Å². The number of hydrogen-bond acceptors (Lipinski definition) is 1. The van der Waals surface area contributed by atoms with Crippen LogP contribution in [0.3, 0.4) is 0 Å². The second kappa shape index (κ2) is 16.3. The molecule has 0 aliphatic carbocycles. The van der Waals surface area contributed by atoms with Crippen LogP contribution in [0.15, 0.2) is 24.5 Å². The van der Waals surface area contributed by atoms with Gasteiger partial charge in [-0.25, -0.2) is 0 Å². The van der Waals surface area contributed by atoms with Gasteiger partial charge in [0.05, 0.1) is 0 Å². The maximum atomic E-state index is 10.7. The van der Waals surface area contributed by atoms with Crippen molar-refractivity contribution >= 4 is 0 Å². The lowest BCUT2D eigenvalue weighted by Crippen LogP contribution is -2.00. The standard InChI is InChI=1S/C19H36O/c1-3-4-5-6-7-8-9-10-11-12-13-14-15-16-17-18-19(2)20/h10-11,20H,2-9,12-18H2,1H3/p-1/b11-10-. The topological polar surface area (TPSA) is 23.1 Å². The number of rotatable bonds is 15. The summed E-state index contributed by atoms with van der Waals surface area (Å²) in [5.74, 6) is 0.0858. The molecule has 20 heavy (non-hydrogen) atoms. The van der Waals surface area contributed by atoms with Crippen LogP contribution < -0.4 is 5.11 Å². The van der Waals surface area contributed by atoms with Gasteiger partial charge >= 0.3 is 0 Å².